The zero-order valence-corrected chi connectivity index (χ0v) is 10.1. The smallest absolute Gasteiger partial charge is 0.312 e. The Morgan fingerprint density at radius 1 is 1.39 bits per heavy atom. The summed E-state index contributed by atoms with van der Waals surface area (Å²) in [6.45, 7) is 1.99. The molecule has 0 spiro atoms. The van der Waals surface area contributed by atoms with Crippen molar-refractivity contribution in [3.8, 4) is 0 Å². The third-order valence-electron chi connectivity index (χ3n) is 2.78. The van der Waals surface area contributed by atoms with E-state index in [1.165, 1.54) is 6.33 Å². The van der Waals surface area contributed by atoms with Gasteiger partial charge in [-0.25, -0.2) is 9.97 Å². The standard InChI is InChI=1S/C14H14N2O2/c1-10-3-2-4-11(7-10)8-12(14(17)18)13-5-6-15-9-16-13/h2-7,9,12H,8H2,1H3,(H,17,18). The fourth-order valence-electron chi connectivity index (χ4n) is 1.90. The monoisotopic (exact) mass is 242 g/mol. The number of aromatic nitrogens is 2. The van der Waals surface area contributed by atoms with E-state index in [0.29, 0.717) is 12.1 Å². The van der Waals surface area contributed by atoms with Crippen LogP contribution in [0.4, 0.5) is 0 Å². The number of carboxylic acids is 1. The highest BCUT2D eigenvalue weighted by Gasteiger charge is 2.21. The van der Waals surface area contributed by atoms with Crippen molar-refractivity contribution in [2.24, 2.45) is 0 Å². The third kappa shape index (κ3) is 2.91. The molecule has 4 nitrogen and oxygen atoms in total. The van der Waals surface area contributed by atoms with Gasteiger partial charge in [0.15, 0.2) is 0 Å². The number of nitrogens with zero attached hydrogens (tertiary/aromatic N) is 2. The fraction of sp³-hybridized carbons (Fsp3) is 0.214. The molecule has 0 aliphatic rings. The summed E-state index contributed by atoms with van der Waals surface area (Å²) in [5.41, 5.74) is 2.67. The van der Waals surface area contributed by atoms with Gasteiger partial charge in [0, 0.05) is 6.20 Å². The van der Waals surface area contributed by atoms with Crippen molar-refractivity contribution in [3.63, 3.8) is 0 Å². The van der Waals surface area contributed by atoms with Gasteiger partial charge >= 0.3 is 5.97 Å². The maximum absolute atomic E-state index is 11.3. The molecule has 0 bridgehead atoms. The van der Waals surface area contributed by atoms with E-state index in [2.05, 4.69) is 9.97 Å². The Hall–Kier alpha value is -2.23. The van der Waals surface area contributed by atoms with E-state index in [9.17, 15) is 9.90 Å². The zero-order valence-electron chi connectivity index (χ0n) is 10.1. The van der Waals surface area contributed by atoms with Crippen molar-refractivity contribution in [1.29, 1.82) is 0 Å². The first-order chi connectivity index (χ1) is 8.66. The van der Waals surface area contributed by atoms with Crippen LogP contribution in [0.15, 0.2) is 42.9 Å². The lowest BCUT2D eigenvalue weighted by Crippen LogP contribution is -2.16. The lowest BCUT2D eigenvalue weighted by molar-refractivity contribution is -0.138. The number of hydrogen-bond acceptors (Lipinski definition) is 3. The van der Waals surface area contributed by atoms with Gasteiger partial charge < -0.3 is 5.11 Å². The molecule has 1 aromatic heterocycles. The molecule has 0 amide bonds. The summed E-state index contributed by atoms with van der Waals surface area (Å²) in [4.78, 5) is 19.2. The molecule has 1 aromatic carbocycles. The van der Waals surface area contributed by atoms with E-state index in [4.69, 9.17) is 0 Å². The summed E-state index contributed by atoms with van der Waals surface area (Å²) in [6.07, 6.45) is 3.38. The van der Waals surface area contributed by atoms with Gasteiger partial charge in [-0.15, -0.1) is 0 Å². The molecule has 18 heavy (non-hydrogen) atoms. The van der Waals surface area contributed by atoms with Crippen molar-refractivity contribution in [1.82, 2.24) is 9.97 Å². The minimum Gasteiger partial charge on any atom is -0.481 e. The van der Waals surface area contributed by atoms with E-state index in [-0.39, 0.29) is 0 Å². The maximum atomic E-state index is 11.3. The third-order valence-corrected chi connectivity index (χ3v) is 2.78. The lowest BCUT2D eigenvalue weighted by Gasteiger charge is -2.11. The van der Waals surface area contributed by atoms with Crippen LogP contribution in [0.5, 0.6) is 0 Å². The first-order valence-electron chi connectivity index (χ1n) is 5.71. The van der Waals surface area contributed by atoms with Gasteiger partial charge in [0.05, 0.1) is 5.69 Å². The van der Waals surface area contributed by atoms with Gasteiger partial charge in [-0.1, -0.05) is 29.8 Å². The minimum atomic E-state index is -0.866. The molecule has 2 aromatic rings. The fourth-order valence-corrected chi connectivity index (χ4v) is 1.90. The molecule has 0 aliphatic carbocycles. The average molecular weight is 242 g/mol. The molecule has 1 unspecified atom stereocenters. The topological polar surface area (TPSA) is 63.1 Å². The molecule has 1 heterocycles. The Balaban J connectivity index is 2.25. The van der Waals surface area contributed by atoms with Crippen molar-refractivity contribution >= 4 is 5.97 Å². The largest absolute Gasteiger partial charge is 0.481 e. The molecule has 4 heteroatoms. The average Bonchev–Trinajstić information content (AvgIpc) is 2.37. The highest BCUT2D eigenvalue weighted by molar-refractivity contribution is 5.75. The summed E-state index contributed by atoms with van der Waals surface area (Å²) in [5, 5.41) is 9.30. The Morgan fingerprint density at radius 3 is 2.83 bits per heavy atom. The molecule has 2 rings (SSSR count). The molecule has 0 saturated carbocycles. The van der Waals surface area contributed by atoms with E-state index in [1.54, 1.807) is 12.3 Å². The van der Waals surface area contributed by atoms with Crippen LogP contribution in [0.2, 0.25) is 0 Å². The van der Waals surface area contributed by atoms with Gasteiger partial charge in [0.25, 0.3) is 0 Å². The molecule has 1 N–H and O–H groups in total. The molecule has 0 saturated heterocycles. The minimum absolute atomic E-state index is 0.439. The second-order valence-corrected chi connectivity index (χ2v) is 4.22. The summed E-state index contributed by atoms with van der Waals surface area (Å²) < 4.78 is 0. The van der Waals surface area contributed by atoms with Crippen LogP contribution in [-0.4, -0.2) is 21.0 Å². The first kappa shape index (κ1) is 12.2. The van der Waals surface area contributed by atoms with Crippen molar-refractivity contribution in [2.45, 2.75) is 19.3 Å². The number of carbonyl (C=O) groups is 1. The summed E-state index contributed by atoms with van der Waals surface area (Å²) >= 11 is 0. The SMILES string of the molecule is Cc1cccc(CC(C(=O)O)c2ccncn2)c1. The van der Waals surface area contributed by atoms with Gasteiger partial charge in [0.2, 0.25) is 0 Å². The second-order valence-electron chi connectivity index (χ2n) is 4.22. The Kier molecular flexibility index (Phi) is 3.67. The maximum Gasteiger partial charge on any atom is 0.312 e. The number of hydrogen-bond donors (Lipinski definition) is 1. The van der Waals surface area contributed by atoms with Crippen molar-refractivity contribution < 1.29 is 9.90 Å². The Bertz CT molecular complexity index is 541. The van der Waals surface area contributed by atoms with E-state index >= 15 is 0 Å². The van der Waals surface area contributed by atoms with Crippen LogP contribution >= 0.6 is 0 Å². The first-order valence-corrected chi connectivity index (χ1v) is 5.71. The number of rotatable bonds is 4. The molecular formula is C14H14N2O2. The van der Waals surface area contributed by atoms with E-state index < -0.39 is 11.9 Å². The Labute approximate surface area is 105 Å². The molecule has 0 aliphatic heterocycles. The molecule has 0 fully saturated rings. The van der Waals surface area contributed by atoms with Crippen LogP contribution in [0.25, 0.3) is 0 Å². The van der Waals surface area contributed by atoms with Crippen LogP contribution in [0, 0.1) is 6.92 Å². The van der Waals surface area contributed by atoms with Crippen molar-refractivity contribution in [3.05, 3.63) is 59.7 Å². The van der Waals surface area contributed by atoms with Crippen LogP contribution < -0.4 is 0 Å². The summed E-state index contributed by atoms with van der Waals surface area (Å²) in [6, 6.07) is 9.50. The normalized spacial score (nSPS) is 12.1. The van der Waals surface area contributed by atoms with Gasteiger partial charge in [-0.2, -0.15) is 0 Å². The molecular weight excluding hydrogens is 228 g/mol. The highest BCUT2D eigenvalue weighted by Crippen LogP contribution is 2.19. The van der Waals surface area contributed by atoms with Gasteiger partial charge in [-0.05, 0) is 25.0 Å². The van der Waals surface area contributed by atoms with Gasteiger partial charge in [-0.3, -0.25) is 4.79 Å². The molecule has 0 radical (unpaired) electrons. The number of aryl methyl sites for hydroxylation is 1. The second kappa shape index (κ2) is 5.40. The van der Waals surface area contributed by atoms with Crippen LogP contribution in [0.3, 0.4) is 0 Å². The van der Waals surface area contributed by atoms with Gasteiger partial charge in [0.1, 0.15) is 12.2 Å². The van der Waals surface area contributed by atoms with E-state index in [0.717, 1.165) is 11.1 Å². The number of benzene rings is 1. The summed E-state index contributed by atoms with van der Waals surface area (Å²) in [5.74, 6) is -1.50. The number of aliphatic carboxylic acids is 1. The zero-order chi connectivity index (χ0) is 13.0. The molecule has 1 atom stereocenters. The highest BCUT2D eigenvalue weighted by atomic mass is 16.4. The predicted molar refractivity (Wildman–Crippen MR) is 67.3 cm³/mol. The van der Waals surface area contributed by atoms with E-state index in [1.807, 2.05) is 31.2 Å². The molecule has 92 valence electrons. The quantitative estimate of drug-likeness (QED) is 0.892. The lowest BCUT2D eigenvalue weighted by atomic mass is 9.95. The number of carboxylic acid groups (broad SMARTS) is 1. The predicted octanol–water partition coefficient (Wildman–Crippen LogP) is 2.20. The van der Waals surface area contributed by atoms with Crippen LogP contribution in [0.1, 0.15) is 22.7 Å². The summed E-state index contributed by atoms with van der Waals surface area (Å²) in [7, 11) is 0. The van der Waals surface area contributed by atoms with Crippen molar-refractivity contribution in [2.75, 3.05) is 0 Å². The van der Waals surface area contributed by atoms with Crippen LogP contribution in [-0.2, 0) is 11.2 Å². The Morgan fingerprint density at radius 2 is 2.22 bits per heavy atom.